The Morgan fingerprint density at radius 2 is 1.90 bits per heavy atom. The number of hydrogen-bond acceptors (Lipinski definition) is 4. The normalized spacial score (nSPS) is 17.8. The Bertz CT molecular complexity index is 554. The second-order valence-electron chi connectivity index (χ2n) is 5.32. The molecule has 0 unspecified atom stereocenters. The quantitative estimate of drug-likeness (QED) is 0.500. The summed E-state index contributed by atoms with van der Waals surface area (Å²) in [6, 6.07) is 4.49. The molecular formula is C14H17ClN2O4. The molecule has 7 heteroatoms. The fraction of sp³-hybridized carbons (Fsp3) is 0.500. The van der Waals surface area contributed by atoms with Crippen molar-refractivity contribution in [3.8, 4) is 0 Å². The van der Waals surface area contributed by atoms with E-state index in [1.165, 1.54) is 12.1 Å². The average molecular weight is 313 g/mol. The predicted octanol–water partition coefficient (Wildman–Crippen LogP) is 3.84. The van der Waals surface area contributed by atoms with Crippen LogP contribution in [0, 0.1) is 10.1 Å². The second kappa shape index (κ2) is 6.30. The van der Waals surface area contributed by atoms with Crippen molar-refractivity contribution in [3.63, 3.8) is 0 Å². The molecule has 0 bridgehead atoms. The molecule has 0 saturated heterocycles. The van der Waals surface area contributed by atoms with E-state index in [0.717, 1.165) is 25.7 Å². The van der Waals surface area contributed by atoms with Crippen LogP contribution in [0.1, 0.15) is 38.5 Å². The lowest BCUT2D eigenvalue weighted by atomic mass is 9.89. The zero-order valence-corrected chi connectivity index (χ0v) is 12.2. The summed E-state index contributed by atoms with van der Waals surface area (Å²) >= 11 is 5.87. The van der Waals surface area contributed by atoms with Crippen molar-refractivity contribution in [2.45, 2.75) is 44.1 Å². The van der Waals surface area contributed by atoms with Crippen molar-refractivity contribution in [1.82, 2.24) is 0 Å². The van der Waals surface area contributed by atoms with Gasteiger partial charge in [-0.15, -0.1) is 0 Å². The minimum Gasteiger partial charge on any atom is -0.480 e. The summed E-state index contributed by atoms with van der Waals surface area (Å²) in [4.78, 5) is 22.3. The predicted molar refractivity (Wildman–Crippen MR) is 79.8 cm³/mol. The highest BCUT2D eigenvalue weighted by Crippen LogP contribution is 2.37. The maximum atomic E-state index is 11.7. The first-order valence-electron chi connectivity index (χ1n) is 6.91. The van der Waals surface area contributed by atoms with Crippen LogP contribution in [0.15, 0.2) is 18.2 Å². The van der Waals surface area contributed by atoms with Gasteiger partial charge in [0.05, 0.1) is 4.92 Å². The molecule has 6 nitrogen and oxygen atoms in total. The van der Waals surface area contributed by atoms with Gasteiger partial charge >= 0.3 is 11.7 Å². The Morgan fingerprint density at radius 1 is 1.29 bits per heavy atom. The van der Waals surface area contributed by atoms with Gasteiger partial charge in [-0.3, -0.25) is 10.1 Å². The van der Waals surface area contributed by atoms with Gasteiger partial charge in [-0.05, 0) is 25.0 Å². The third kappa shape index (κ3) is 3.26. The lowest BCUT2D eigenvalue weighted by Gasteiger charge is -2.30. The van der Waals surface area contributed by atoms with Crippen LogP contribution in [-0.4, -0.2) is 21.5 Å². The van der Waals surface area contributed by atoms with Crippen LogP contribution < -0.4 is 5.32 Å². The standard InChI is InChI=1S/C14H17ClN2O4/c15-10-6-5-7-11(12(10)17(20)21)16-14(13(18)19)8-3-1-2-4-9-14/h5-7,16H,1-4,8-9H2,(H,18,19). The van der Waals surface area contributed by atoms with Gasteiger partial charge in [-0.1, -0.05) is 43.4 Å². The number of carboxylic acid groups (broad SMARTS) is 1. The minimum atomic E-state index is -1.16. The van der Waals surface area contributed by atoms with E-state index in [1.807, 2.05) is 0 Å². The molecule has 1 aromatic carbocycles. The summed E-state index contributed by atoms with van der Waals surface area (Å²) in [5.74, 6) is -0.973. The highest BCUT2D eigenvalue weighted by molar-refractivity contribution is 6.33. The van der Waals surface area contributed by atoms with Crippen LogP contribution in [0.4, 0.5) is 11.4 Å². The Labute approximate surface area is 127 Å². The van der Waals surface area contributed by atoms with Crippen molar-refractivity contribution < 1.29 is 14.8 Å². The molecule has 0 heterocycles. The molecular weight excluding hydrogens is 296 g/mol. The molecule has 2 rings (SSSR count). The summed E-state index contributed by atoms with van der Waals surface area (Å²) in [6.07, 6.45) is 4.43. The van der Waals surface area contributed by atoms with Gasteiger partial charge in [0.1, 0.15) is 16.2 Å². The lowest BCUT2D eigenvalue weighted by Crippen LogP contribution is -2.46. The van der Waals surface area contributed by atoms with Crippen LogP contribution in [0.3, 0.4) is 0 Å². The van der Waals surface area contributed by atoms with Crippen molar-refractivity contribution >= 4 is 28.9 Å². The second-order valence-corrected chi connectivity index (χ2v) is 5.73. The number of halogens is 1. The van der Waals surface area contributed by atoms with Gasteiger partial charge in [0.2, 0.25) is 0 Å². The molecule has 0 aromatic heterocycles. The zero-order valence-electron chi connectivity index (χ0n) is 11.5. The number of para-hydroxylation sites is 1. The molecule has 0 atom stereocenters. The topological polar surface area (TPSA) is 92.5 Å². The third-order valence-electron chi connectivity index (χ3n) is 3.91. The van der Waals surface area contributed by atoms with Gasteiger partial charge in [-0.2, -0.15) is 0 Å². The Hall–Kier alpha value is -1.82. The van der Waals surface area contributed by atoms with Crippen molar-refractivity contribution in [3.05, 3.63) is 33.3 Å². The monoisotopic (exact) mass is 312 g/mol. The molecule has 1 fully saturated rings. The fourth-order valence-corrected chi connectivity index (χ4v) is 3.03. The highest BCUT2D eigenvalue weighted by Gasteiger charge is 2.40. The van der Waals surface area contributed by atoms with E-state index in [4.69, 9.17) is 11.6 Å². The third-order valence-corrected chi connectivity index (χ3v) is 4.21. The SMILES string of the molecule is O=C(O)C1(Nc2cccc(Cl)c2[N+](=O)[O-])CCCCCC1. The molecule has 114 valence electrons. The first-order valence-corrected chi connectivity index (χ1v) is 7.28. The van der Waals surface area contributed by atoms with E-state index >= 15 is 0 Å². The van der Waals surface area contributed by atoms with Crippen molar-refractivity contribution in [2.24, 2.45) is 0 Å². The molecule has 1 aromatic rings. The van der Waals surface area contributed by atoms with Crippen molar-refractivity contribution in [2.75, 3.05) is 5.32 Å². The number of nitrogens with one attached hydrogen (secondary N) is 1. The number of anilines is 1. The molecule has 0 spiro atoms. The van der Waals surface area contributed by atoms with Crippen LogP contribution in [-0.2, 0) is 4.79 Å². The molecule has 1 saturated carbocycles. The summed E-state index contributed by atoms with van der Waals surface area (Å²) in [5, 5.41) is 23.7. The first-order chi connectivity index (χ1) is 9.96. The van der Waals surface area contributed by atoms with Crippen molar-refractivity contribution in [1.29, 1.82) is 0 Å². The van der Waals surface area contributed by atoms with E-state index in [2.05, 4.69) is 5.32 Å². The number of nitrogens with zero attached hydrogens (tertiary/aromatic N) is 1. The van der Waals surface area contributed by atoms with Gasteiger partial charge in [0.25, 0.3) is 0 Å². The van der Waals surface area contributed by atoms with Crippen LogP contribution in [0.25, 0.3) is 0 Å². The smallest absolute Gasteiger partial charge is 0.329 e. The summed E-state index contributed by atoms with van der Waals surface area (Å²) in [7, 11) is 0. The van der Waals surface area contributed by atoms with E-state index in [1.54, 1.807) is 6.07 Å². The molecule has 1 aliphatic rings. The fourth-order valence-electron chi connectivity index (χ4n) is 2.78. The van der Waals surface area contributed by atoms with E-state index in [0.29, 0.717) is 12.8 Å². The number of benzene rings is 1. The van der Waals surface area contributed by atoms with Crippen LogP contribution in [0.5, 0.6) is 0 Å². The lowest BCUT2D eigenvalue weighted by molar-refractivity contribution is -0.383. The summed E-state index contributed by atoms with van der Waals surface area (Å²) in [6.45, 7) is 0. The summed E-state index contributed by atoms with van der Waals surface area (Å²) < 4.78 is 0. The van der Waals surface area contributed by atoms with E-state index in [9.17, 15) is 20.0 Å². The molecule has 0 aliphatic heterocycles. The van der Waals surface area contributed by atoms with Gasteiger partial charge in [0.15, 0.2) is 0 Å². The highest BCUT2D eigenvalue weighted by atomic mass is 35.5. The number of nitro groups is 1. The molecule has 21 heavy (non-hydrogen) atoms. The maximum absolute atomic E-state index is 11.7. The average Bonchev–Trinajstić information content (AvgIpc) is 2.65. The van der Waals surface area contributed by atoms with Gasteiger partial charge in [-0.25, -0.2) is 4.79 Å². The molecule has 0 amide bonds. The number of rotatable bonds is 4. The molecule has 2 N–H and O–H groups in total. The first kappa shape index (κ1) is 15.6. The van der Waals surface area contributed by atoms with E-state index in [-0.39, 0.29) is 16.4 Å². The van der Waals surface area contributed by atoms with Gasteiger partial charge < -0.3 is 10.4 Å². The Kier molecular flexibility index (Phi) is 4.67. The zero-order chi connectivity index (χ0) is 15.5. The van der Waals surface area contributed by atoms with Crippen LogP contribution >= 0.6 is 11.6 Å². The molecule has 0 radical (unpaired) electrons. The number of carbonyl (C=O) groups is 1. The number of hydrogen-bond donors (Lipinski definition) is 2. The number of carboxylic acids is 1. The minimum absolute atomic E-state index is 0.000777. The molecule has 1 aliphatic carbocycles. The van der Waals surface area contributed by atoms with Gasteiger partial charge in [0, 0.05) is 0 Å². The van der Waals surface area contributed by atoms with Crippen LogP contribution in [0.2, 0.25) is 5.02 Å². The number of nitro benzene ring substituents is 1. The Morgan fingerprint density at radius 3 is 2.43 bits per heavy atom. The number of aliphatic carboxylic acids is 1. The Balaban J connectivity index is 2.40. The maximum Gasteiger partial charge on any atom is 0.329 e. The largest absolute Gasteiger partial charge is 0.480 e. The van der Waals surface area contributed by atoms with E-state index < -0.39 is 16.4 Å². The summed E-state index contributed by atoms with van der Waals surface area (Å²) in [5.41, 5.74) is -1.27.